The number of unbranched alkanes of at least 4 members (excludes halogenated alkanes) is 4. The maximum Gasteiger partial charge on any atom is 0.331 e. The van der Waals surface area contributed by atoms with Gasteiger partial charge in [-0.25, -0.2) is 9.97 Å². The first-order valence-electron chi connectivity index (χ1n) is 21.4. The lowest BCUT2D eigenvalue weighted by Gasteiger charge is -2.33. The van der Waals surface area contributed by atoms with Gasteiger partial charge in [-0.1, -0.05) is 25.7 Å². The summed E-state index contributed by atoms with van der Waals surface area (Å²) in [6, 6.07) is 0. The van der Waals surface area contributed by atoms with E-state index in [2.05, 4.69) is 18.7 Å². The van der Waals surface area contributed by atoms with E-state index in [0.29, 0.717) is 68.5 Å². The van der Waals surface area contributed by atoms with Gasteiger partial charge in [0.15, 0.2) is 5.92 Å². The van der Waals surface area contributed by atoms with Crippen molar-refractivity contribution >= 4 is 70.5 Å². The summed E-state index contributed by atoms with van der Waals surface area (Å²) >= 11 is 7.62. The molecule has 0 saturated heterocycles. The zero-order valence-electron chi connectivity index (χ0n) is 40.4. The molecule has 0 radical (unpaired) electrons. The van der Waals surface area contributed by atoms with E-state index in [1.54, 1.807) is 104 Å². The lowest BCUT2D eigenvalue weighted by atomic mass is 9.82. The van der Waals surface area contributed by atoms with Gasteiger partial charge in [-0.2, -0.15) is 8.75 Å². The van der Waals surface area contributed by atoms with Crippen LogP contribution in [-0.2, 0) is 62.6 Å². The Kier molecular flexibility index (Phi) is 25.9. The van der Waals surface area contributed by atoms with Crippen molar-refractivity contribution in [2.24, 2.45) is 5.92 Å². The number of aromatic nitrogens is 4. The van der Waals surface area contributed by atoms with Crippen molar-refractivity contribution < 1.29 is 57.2 Å². The zero-order chi connectivity index (χ0) is 48.8. The molecule has 2 aromatic heterocycles. The molecule has 0 aromatic carbocycles. The minimum Gasteiger partial charge on any atom is -0.466 e. The predicted octanol–water partition coefficient (Wildman–Crippen LogP) is 9.58. The Morgan fingerprint density at radius 2 is 0.952 bits per heavy atom. The summed E-state index contributed by atoms with van der Waals surface area (Å²) in [5.41, 5.74) is -4.64. The van der Waals surface area contributed by atoms with Gasteiger partial charge in [0.2, 0.25) is 9.88 Å². The van der Waals surface area contributed by atoms with E-state index >= 15 is 0 Å². The van der Waals surface area contributed by atoms with Crippen molar-refractivity contribution in [1.82, 2.24) is 18.7 Å². The molecule has 0 atom stereocenters. The van der Waals surface area contributed by atoms with Crippen molar-refractivity contribution in [3.8, 4) is 0 Å². The number of nitrogens with zero attached hydrogens (tertiary/aromatic N) is 4. The van der Waals surface area contributed by atoms with Gasteiger partial charge in [-0.3, -0.25) is 28.8 Å². The van der Waals surface area contributed by atoms with Gasteiger partial charge in [-0.15, -0.1) is 0 Å². The van der Waals surface area contributed by atoms with Crippen molar-refractivity contribution in [2.45, 2.75) is 203 Å². The molecule has 2 heterocycles. The summed E-state index contributed by atoms with van der Waals surface area (Å²) in [5, 5.41) is 0.263. The molecule has 0 spiro atoms. The van der Waals surface area contributed by atoms with Crippen LogP contribution in [-0.4, -0.2) is 90.1 Å². The van der Waals surface area contributed by atoms with Gasteiger partial charge in [-0.05, 0) is 171 Å². The third kappa shape index (κ3) is 26.6. The highest BCUT2D eigenvalue weighted by Crippen LogP contribution is 2.37. The Balaban J connectivity index is 0.00000107. The Bertz CT molecular complexity index is 1660. The van der Waals surface area contributed by atoms with Gasteiger partial charge < -0.3 is 28.4 Å². The molecule has 0 fully saturated rings. The lowest BCUT2D eigenvalue weighted by molar-refractivity contribution is -0.179. The minimum absolute atomic E-state index is 0.147. The van der Waals surface area contributed by atoms with Crippen LogP contribution in [0.25, 0.3) is 0 Å². The van der Waals surface area contributed by atoms with Crippen molar-refractivity contribution in [2.75, 3.05) is 13.2 Å². The van der Waals surface area contributed by atoms with Gasteiger partial charge in [0.05, 0.1) is 13.2 Å². The average molecular weight is 950 g/mol. The van der Waals surface area contributed by atoms with Gasteiger partial charge in [0, 0.05) is 12.8 Å². The molecule has 63 heavy (non-hydrogen) atoms. The molecule has 0 aliphatic rings. The highest BCUT2D eigenvalue weighted by molar-refractivity contribution is 7.10. The van der Waals surface area contributed by atoms with Crippen LogP contribution in [0.1, 0.15) is 178 Å². The summed E-state index contributed by atoms with van der Waals surface area (Å²) in [6.07, 6.45) is 4.85. The molecule has 0 saturated carbocycles. The molecule has 0 bridgehead atoms. The van der Waals surface area contributed by atoms with Crippen LogP contribution in [0.3, 0.4) is 0 Å². The lowest BCUT2D eigenvalue weighted by Crippen LogP contribution is -2.50. The topological polar surface area (TPSA) is 209 Å². The summed E-state index contributed by atoms with van der Waals surface area (Å²) in [5.74, 6) is -2.73. The standard InChI is InChI=1S/C22H36N2O6S.C19H34O6.C3H3ClN2S/c1-9-28-16(25)13-11-10-12-14-22(17-23-15(2)24-31-17,18(26)29-20(3,4)5)19(27)30-21(6,7)8;1-8-23-15(20)13-11-9-10-12-14(16(21)24-18(2,3)4)17(22)25-19(5,6)7;1-2-5-3(4)7-6-2/h9-14H2,1-8H3;14H,8-13H2,1-7H3;1H3. The number of rotatable bonds is 19. The average Bonchev–Trinajstić information content (AvgIpc) is 3.71. The largest absolute Gasteiger partial charge is 0.466 e. The second-order valence-electron chi connectivity index (χ2n) is 18.5. The summed E-state index contributed by atoms with van der Waals surface area (Å²) in [7, 11) is 0. The molecular formula is C44H73ClN4O12S2. The van der Waals surface area contributed by atoms with Crippen molar-refractivity contribution in [3.63, 3.8) is 0 Å². The number of hydrogen-bond donors (Lipinski definition) is 0. The van der Waals surface area contributed by atoms with Crippen LogP contribution in [0.4, 0.5) is 0 Å². The highest BCUT2D eigenvalue weighted by Gasteiger charge is 2.55. The van der Waals surface area contributed by atoms with Gasteiger partial charge in [0.1, 0.15) is 39.1 Å². The SMILES string of the molecule is CCOC(=O)CCCCCC(C(=O)OC(C)(C)C)(C(=O)OC(C)(C)C)c1nc(C)ns1.CCOC(=O)CCCCCC(C(=O)OC(C)(C)C)C(=O)OC(C)(C)C.Cc1nsc(Cl)n1. The first-order valence-corrected chi connectivity index (χ1v) is 23.3. The fourth-order valence-corrected chi connectivity index (χ4v) is 6.72. The molecule has 19 heteroatoms. The summed E-state index contributed by atoms with van der Waals surface area (Å²) < 4.78 is 40.3. The van der Waals surface area contributed by atoms with E-state index < -0.39 is 57.6 Å². The summed E-state index contributed by atoms with van der Waals surface area (Å²) in [4.78, 5) is 82.5. The molecular weight excluding hydrogens is 876 g/mol. The van der Waals surface area contributed by atoms with Crippen LogP contribution >= 0.6 is 34.7 Å². The summed E-state index contributed by atoms with van der Waals surface area (Å²) in [6.45, 7) is 28.8. The fourth-order valence-electron chi connectivity index (χ4n) is 5.22. The smallest absolute Gasteiger partial charge is 0.331 e. The number of ether oxygens (including phenoxy) is 6. The second-order valence-corrected chi connectivity index (χ2v) is 20.6. The number of carbonyl (C=O) groups excluding carboxylic acids is 6. The number of esters is 6. The van der Waals surface area contributed by atoms with E-state index in [1.807, 2.05) is 6.92 Å². The number of hydrogen-bond acceptors (Lipinski definition) is 18. The maximum atomic E-state index is 13.4. The Labute approximate surface area is 387 Å². The Morgan fingerprint density at radius 1 is 0.556 bits per heavy atom. The van der Waals surface area contributed by atoms with Crippen LogP contribution in [0.5, 0.6) is 0 Å². The Morgan fingerprint density at radius 3 is 1.27 bits per heavy atom. The van der Waals surface area contributed by atoms with E-state index in [4.69, 9.17) is 40.0 Å². The van der Waals surface area contributed by atoms with Crippen LogP contribution < -0.4 is 0 Å². The van der Waals surface area contributed by atoms with Gasteiger partial charge >= 0.3 is 35.8 Å². The fraction of sp³-hybridized carbons (Fsp3) is 0.773. The molecule has 360 valence electrons. The van der Waals surface area contributed by atoms with Gasteiger partial charge in [0.25, 0.3) is 0 Å². The van der Waals surface area contributed by atoms with E-state index in [1.165, 1.54) is 11.5 Å². The predicted molar refractivity (Wildman–Crippen MR) is 242 cm³/mol. The number of carbonyl (C=O) groups is 6. The monoisotopic (exact) mass is 948 g/mol. The van der Waals surface area contributed by atoms with E-state index in [-0.39, 0.29) is 29.8 Å². The maximum absolute atomic E-state index is 13.4. The number of aryl methyl sites for hydroxylation is 2. The molecule has 0 N–H and O–H groups in total. The van der Waals surface area contributed by atoms with Crippen LogP contribution in [0.15, 0.2) is 0 Å². The zero-order valence-corrected chi connectivity index (χ0v) is 42.8. The minimum atomic E-state index is -1.71. The first-order chi connectivity index (χ1) is 28.9. The quantitative estimate of drug-likeness (QED) is 0.0555. The molecule has 0 aliphatic heterocycles. The first kappa shape index (κ1) is 59.2. The third-order valence-electron chi connectivity index (χ3n) is 7.69. The highest BCUT2D eigenvalue weighted by atomic mass is 35.5. The van der Waals surface area contributed by atoms with Crippen LogP contribution in [0.2, 0.25) is 4.47 Å². The van der Waals surface area contributed by atoms with Crippen molar-refractivity contribution in [3.05, 3.63) is 21.1 Å². The molecule has 16 nitrogen and oxygen atoms in total. The Hall–Kier alpha value is -3.77. The normalized spacial score (nSPS) is 11.9. The van der Waals surface area contributed by atoms with E-state index in [0.717, 1.165) is 23.8 Å². The molecule has 2 aromatic rings. The molecule has 0 aliphatic carbocycles. The van der Waals surface area contributed by atoms with Crippen molar-refractivity contribution in [1.29, 1.82) is 0 Å². The molecule has 0 amide bonds. The number of halogens is 1. The molecule has 0 unspecified atom stereocenters. The molecule has 2 rings (SSSR count). The third-order valence-corrected chi connectivity index (χ3v) is 9.55. The second kappa shape index (κ2) is 27.5. The van der Waals surface area contributed by atoms with Crippen LogP contribution in [0, 0.1) is 19.8 Å². The van der Waals surface area contributed by atoms with E-state index in [9.17, 15) is 28.8 Å².